The number of nitrogens with zero attached hydrogens (tertiary/aromatic N) is 3. The minimum Gasteiger partial charge on any atom is -0.465 e. The highest BCUT2D eigenvalue weighted by Crippen LogP contribution is 2.41. The summed E-state index contributed by atoms with van der Waals surface area (Å²) in [6.07, 6.45) is 0. The Labute approximate surface area is 203 Å². The van der Waals surface area contributed by atoms with E-state index < -0.39 is 23.8 Å². The molecule has 1 aliphatic rings. The third-order valence-corrected chi connectivity index (χ3v) is 6.30. The minimum atomic E-state index is -1.16. The molecule has 2 heterocycles. The Morgan fingerprint density at radius 1 is 0.943 bits per heavy atom. The molecule has 35 heavy (non-hydrogen) atoms. The van der Waals surface area contributed by atoms with E-state index in [1.54, 1.807) is 19.1 Å². The number of fused-ring (bicyclic) bond motifs is 3. The Bertz CT molecular complexity index is 1410. The molecule has 0 N–H and O–H groups in total. The highest BCUT2D eigenvalue weighted by Gasteiger charge is 2.48. The lowest BCUT2D eigenvalue weighted by Crippen LogP contribution is -2.51. The van der Waals surface area contributed by atoms with Crippen LogP contribution in [0.2, 0.25) is 0 Å². The van der Waals surface area contributed by atoms with Gasteiger partial charge >= 0.3 is 5.97 Å². The van der Waals surface area contributed by atoms with Gasteiger partial charge < -0.3 is 9.30 Å². The quantitative estimate of drug-likeness (QED) is 0.239. The van der Waals surface area contributed by atoms with Gasteiger partial charge in [0.2, 0.25) is 11.9 Å². The number of aryl methyl sites for hydroxylation is 1. The number of carbonyl (C=O) groups is 3. The molecule has 0 aliphatic carbocycles. The summed E-state index contributed by atoms with van der Waals surface area (Å²) < 4.78 is 7.24. The summed E-state index contributed by atoms with van der Waals surface area (Å²) in [6.45, 7) is 3.56. The van der Waals surface area contributed by atoms with Crippen LogP contribution in [0.5, 0.6) is 0 Å². The zero-order valence-corrected chi connectivity index (χ0v) is 19.5. The second-order valence-electron chi connectivity index (χ2n) is 8.57. The predicted octanol–water partition coefficient (Wildman–Crippen LogP) is 4.34. The predicted molar refractivity (Wildman–Crippen MR) is 132 cm³/mol. The summed E-state index contributed by atoms with van der Waals surface area (Å²) in [5, 5.41) is 0. The first-order chi connectivity index (χ1) is 17.0. The maximum atomic E-state index is 13.9. The van der Waals surface area contributed by atoms with Crippen molar-refractivity contribution in [2.45, 2.75) is 19.9 Å². The molecule has 1 aliphatic heterocycles. The van der Waals surface area contributed by atoms with Gasteiger partial charge in [0.15, 0.2) is 11.7 Å². The maximum absolute atomic E-state index is 13.9. The number of hydrogen-bond acceptors (Lipinski definition) is 5. The number of benzene rings is 3. The smallest absolute Gasteiger partial charge is 0.321 e. The number of aromatic nitrogens is 2. The molecule has 0 unspecified atom stereocenters. The van der Waals surface area contributed by atoms with Crippen LogP contribution in [0, 0.1) is 12.8 Å². The zero-order valence-electron chi connectivity index (χ0n) is 19.5. The topological polar surface area (TPSA) is 81.5 Å². The van der Waals surface area contributed by atoms with Crippen LogP contribution in [0.4, 0.5) is 5.95 Å². The van der Waals surface area contributed by atoms with E-state index in [1.807, 2.05) is 78.2 Å². The number of ether oxygens (including phenoxy) is 1. The fourth-order valence-corrected chi connectivity index (χ4v) is 4.62. The summed E-state index contributed by atoms with van der Waals surface area (Å²) in [4.78, 5) is 46.4. The van der Waals surface area contributed by atoms with Gasteiger partial charge in [0.1, 0.15) is 0 Å². The molecule has 0 saturated carbocycles. The number of para-hydroxylation sites is 2. The molecule has 0 radical (unpaired) electrons. The average Bonchev–Trinajstić information content (AvgIpc) is 3.25. The molecule has 176 valence electrons. The average molecular weight is 468 g/mol. The van der Waals surface area contributed by atoms with Crippen LogP contribution in [0.25, 0.3) is 11.0 Å². The Morgan fingerprint density at radius 2 is 1.63 bits per heavy atom. The number of Topliss-reactive ketones (excluding diaryl/α,β-unsaturated/α-hetero) is 1. The zero-order chi connectivity index (χ0) is 24.5. The van der Waals surface area contributed by atoms with Crippen molar-refractivity contribution in [3.63, 3.8) is 0 Å². The van der Waals surface area contributed by atoms with E-state index >= 15 is 0 Å². The second-order valence-corrected chi connectivity index (χ2v) is 8.57. The standard InChI is InChI=1S/C28H25N3O4/c1-3-35-27(34)24-25(20-9-5-4-6-10-20)31-22-12-8-7-11-21(22)29-28(31)30(26(24)33)17-23(32)19-15-13-18(2)14-16-19/h4-16,24-25H,3,17H2,1-2H3/t24-,25-/m0/s1. The van der Waals surface area contributed by atoms with Crippen LogP contribution in [0.15, 0.2) is 78.9 Å². The number of hydrogen-bond donors (Lipinski definition) is 0. The highest BCUT2D eigenvalue weighted by atomic mass is 16.5. The largest absolute Gasteiger partial charge is 0.465 e. The molecule has 0 bridgehead atoms. The van der Waals surface area contributed by atoms with E-state index in [4.69, 9.17) is 9.72 Å². The van der Waals surface area contributed by atoms with Crippen molar-refractivity contribution < 1.29 is 19.1 Å². The van der Waals surface area contributed by atoms with Gasteiger partial charge in [-0.2, -0.15) is 0 Å². The molecule has 1 amide bonds. The van der Waals surface area contributed by atoms with Crippen LogP contribution in [-0.2, 0) is 14.3 Å². The summed E-state index contributed by atoms with van der Waals surface area (Å²) in [6, 6.07) is 23.4. The van der Waals surface area contributed by atoms with E-state index in [1.165, 1.54) is 4.90 Å². The van der Waals surface area contributed by atoms with Gasteiger partial charge in [0.05, 0.1) is 30.2 Å². The molecule has 2 atom stereocenters. The number of imidazole rings is 1. The van der Waals surface area contributed by atoms with Gasteiger partial charge in [-0.15, -0.1) is 0 Å². The molecular weight excluding hydrogens is 442 g/mol. The van der Waals surface area contributed by atoms with E-state index in [0.717, 1.165) is 16.6 Å². The number of esters is 1. The van der Waals surface area contributed by atoms with Gasteiger partial charge in [-0.1, -0.05) is 72.3 Å². The number of ketones is 1. The summed E-state index contributed by atoms with van der Waals surface area (Å²) in [5.74, 6) is -2.18. The molecule has 7 nitrogen and oxygen atoms in total. The lowest BCUT2D eigenvalue weighted by molar-refractivity contribution is -0.153. The molecule has 4 aromatic rings. The lowest BCUT2D eigenvalue weighted by Gasteiger charge is -2.37. The number of anilines is 1. The molecular formula is C28H25N3O4. The minimum absolute atomic E-state index is 0.143. The number of carbonyl (C=O) groups excluding carboxylic acids is 3. The van der Waals surface area contributed by atoms with Gasteiger partial charge in [-0.3, -0.25) is 19.3 Å². The molecule has 0 fully saturated rings. The van der Waals surface area contributed by atoms with Crippen LogP contribution in [0.1, 0.15) is 34.5 Å². The van der Waals surface area contributed by atoms with Gasteiger partial charge in [-0.05, 0) is 31.5 Å². The second kappa shape index (κ2) is 9.18. The fourth-order valence-electron chi connectivity index (χ4n) is 4.62. The van der Waals surface area contributed by atoms with Gasteiger partial charge in [-0.25, -0.2) is 4.98 Å². The Hall–Kier alpha value is -4.26. The van der Waals surface area contributed by atoms with Crippen molar-refractivity contribution in [1.82, 2.24) is 9.55 Å². The monoisotopic (exact) mass is 467 g/mol. The highest BCUT2D eigenvalue weighted by molar-refractivity contribution is 6.12. The third kappa shape index (κ3) is 3.99. The number of rotatable bonds is 6. The molecule has 0 saturated heterocycles. The van der Waals surface area contributed by atoms with Crippen molar-refractivity contribution in [3.05, 3.63) is 95.6 Å². The first kappa shape index (κ1) is 22.5. The van der Waals surface area contributed by atoms with Crippen LogP contribution in [0.3, 0.4) is 0 Å². The van der Waals surface area contributed by atoms with E-state index in [-0.39, 0.29) is 18.9 Å². The summed E-state index contributed by atoms with van der Waals surface area (Å²) in [7, 11) is 0. The maximum Gasteiger partial charge on any atom is 0.321 e. The molecule has 3 aromatic carbocycles. The Morgan fingerprint density at radius 3 is 2.34 bits per heavy atom. The number of amides is 1. The molecule has 7 heteroatoms. The Kier molecular flexibility index (Phi) is 5.91. The summed E-state index contributed by atoms with van der Waals surface area (Å²) in [5.41, 5.74) is 3.75. The van der Waals surface area contributed by atoms with E-state index in [0.29, 0.717) is 17.0 Å². The van der Waals surface area contributed by atoms with E-state index in [9.17, 15) is 14.4 Å². The fraction of sp³-hybridized carbons (Fsp3) is 0.214. The first-order valence-corrected chi connectivity index (χ1v) is 11.6. The molecule has 0 spiro atoms. The van der Waals surface area contributed by atoms with Gasteiger partial charge in [0.25, 0.3) is 0 Å². The van der Waals surface area contributed by atoms with Crippen molar-refractivity contribution in [3.8, 4) is 0 Å². The van der Waals surface area contributed by atoms with Crippen molar-refractivity contribution in [1.29, 1.82) is 0 Å². The van der Waals surface area contributed by atoms with E-state index in [2.05, 4.69) is 0 Å². The Balaban J connectivity index is 1.68. The third-order valence-electron chi connectivity index (χ3n) is 6.30. The van der Waals surface area contributed by atoms with Crippen molar-refractivity contribution in [2.75, 3.05) is 18.1 Å². The van der Waals surface area contributed by atoms with Crippen LogP contribution >= 0.6 is 0 Å². The van der Waals surface area contributed by atoms with Crippen molar-refractivity contribution >= 4 is 34.6 Å². The first-order valence-electron chi connectivity index (χ1n) is 11.6. The van der Waals surface area contributed by atoms with Crippen molar-refractivity contribution in [2.24, 2.45) is 5.92 Å². The van der Waals surface area contributed by atoms with Crippen LogP contribution < -0.4 is 4.90 Å². The summed E-state index contributed by atoms with van der Waals surface area (Å²) >= 11 is 0. The molecule has 5 rings (SSSR count). The normalized spacial score (nSPS) is 17.3. The SMILES string of the molecule is CCOC(=O)[C@@H]1C(=O)N(CC(=O)c2ccc(C)cc2)c2nc3ccccc3n2[C@H]1c1ccccc1. The van der Waals surface area contributed by atoms with Gasteiger partial charge in [0, 0.05) is 5.56 Å². The van der Waals surface area contributed by atoms with Crippen LogP contribution in [-0.4, -0.2) is 40.4 Å². The molecule has 1 aromatic heterocycles. The lowest BCUT2D eigenvalue weighted by atomic mass is 9.89.